The van der Waals surface area contributed by atoms with Gasteiger partial charge in [0, 0.05) is 5.54 Å². The molecule has 0 aliphatic carbocycles. The molecular formula is C14H25N5O. The maximum absolute atomic E-state index is 12.3. The normalized spacial score (nSPS) is 17.2. The van der Waals surface area contributed by atoms with Crippen LogP contribution in [-0.4, -0.2) is 39.5 Å². The molecule has 2 rings (SSSR count). The molecule has 1 aromatic rings. The Hall–Kier alpha value is -1.43. The van der Waals surface area contributed by atoms with Gasteiger partial charge >= 0.3 is 0 Å². The lowest BCUT2D eigenvalue weighted by Crippen LogP contribution is -2.43. The molecular weight excluding hydrogens is 254 g/mol. The van der Waals surface area contributed by atoms with Crippen LogP contribution in [0, 0.1) is 6.92 Å². The average Bonchev–Trinajstić information content (AvgIpc) is 2.81. The van der Waals surface area contributed by atoms with Gasteiger partial charge in [0.15, 0.2) is 5.69 Å². The lowest BCUT2D eigenvalue weighted by molar-refractivity contribution is 0.0905. The van der Waals surface area contributed by atoms with Crippen molar-refractivity contribution >= 4 is 5.91 Å². The second kappa shape index (κ2) is 5.91. The van der Waals surface area contributed by atoms with E-state index in [1.807, 2.05) is 25.5 Å². The summed E-state index contributed by atoms with van der Waals surface area (Å²) in [5.41, 5.74) is 1.09. The minimum absolute atomic E-state index is 0.130. The Morgan fingerprint density at radius 2 is 2.10 bits per heavy atom. The third kappa shape index (κ3) is 3.17. The lowest BCUT2D eigenvalue weighted by Gasteiger charge is -2.24. The second-order valence-electron chi connectivity index (χ2n) is 6.14. The summed E-state index contributed by atoms with van der Waals surface area (Å²) in [7, 11) is 0. The van der Waals surface area contributed by atoms with Gasteiger partial charge in [-0.05, 0) is 53.1 Å². The van der Waals surface area contributed by atoms with Gasteiger partial charge in [0.05, 0.1) is 11.7 Å². The lowest BCUT2D eigenvalue weighted by atomic mass is 10.0. The van der Waals surface area contributed by atoms with E-state index < -0.39 is 0 Å². The maximum Gasteiger partial charge on any atom is 0.274 e. The number of aromatic nitrogens is 3. The number of rotatable bonds is 4. The zero-order chi connectivity index (χ0) is 14.8. The Morgan fingerprint density at radius 3 is 2.70 bits per heavy atom. The summed E-state index contributed by atoms with van der Waals surface area (Å²) in [5.74, 6) is -0.130. The van der Waals surface area contributed by atoms with Gasteiger partial charge in [0.1, 0.15) is 0 Å². The fourth-order valence-corrected chi connectivity index (χ4v) is 2.40. The second-order valence-corrected chi connectivity index (χ2v) is 6.14. The van der Waals surface area contributed by atoms with Crippen LogP contribution in [0.2, 0.25) is 0 Å². The number of nitrogens with zero attached hydrogens (tertiary/aromatic N) is 3. The molecule has 2 N–H and O–H groups in total. The molecule has 0 radical (unpaired) electrons. The van der Waals surface area contributed by atoms with Gasteiger partial charge in [-0.15, -0.1) is 5.10 Å². The molecule has 0 unspecified atom stereocenters. The molecule has 112 valence electrons. The average molecular weight is 279 g/mol. The van der Waals surface area contributed by atoms with E-state index >= 15 is 0 Å². The topological polar surface area (TPSA) is 71.8 Å². The fourth-order valence-electron chi connectivity index (χ4n) is 2.40. The molecule has 20 heavy (non-hydrogen) atoms. The standard InChI is InChI=1S/C14H25N5O/c1-5-14(3,4)16-13(20)12-10(2)19(18-17-12)11-6-8-15-9-7-11/h11,15H,5-9H2,1-4H3,(H,16,20). The number of carbonyl (C=O) groups is 1. The highest BCUT2D eigenvalue weighted by atomic mass is 16.2. The number of carbonyl (C=O) groups excluding carboxylic acids is 1. The Kier molecular flexibility index (Phi) is 4.42. The minimum atomic E-state index is -0.220. The first-order chi connectivity index (χ1) is 9.44. The molecule has 0 aromatic carbocycles. The van der Waals surface area contributed by atoms with Crippen LogP contribution in [-0.2, 0) is 0 Å². The molecule has 1 aliphatic rings. The number of amides is 1. The van der Waals surface area contributed by atoms with Crippen molar-refractivity contribution < 1.29 is 4.79 Å². The molecule has 1 aliphatic heterocycles. The van der Waals surface area contributed by atoms with Crippen LogP contribution >= 0.6 is 0 Å². The van der Waals surface area contributed by atoms with Crippen molar-refractivity contribution in [1.82, 2.24) is 25.6 Å². The van der Waals surface area contributed by atoms with Crippen molar-refractivity contribution in [2.75, 3.05) is 13.1 Å². The summed E-state index contributed by atoms with van der Waals surface area (Å²) in [6, 6.07) is 0.351. The van der Waals surface area contributed by atoms with Crippen molar-refractivity contribution in [2.24, 2.45) is 0 Å². The molecule has 1 amide bonds. The molecule has 0 saturated carbocycles. The number of piperidine rings is 1. The van der Waals surface area contributed by atoms with Gasteiger partial charge < -0.3 is 10.6 Å². The van der Waals surface area contributed by atoms with Crippen molar-refractivity contribution in [1.29, 1.82) is 0 Å². The van der Waals surface area contributed by atoms with Crippen molar-refractivity contribution in [3.05, 3.63) is 11.4 Å². The summed E-state index contributed by atoms with van der Waals surface area (Å²) < 4.78 is 1.91. The molecule has 1 fully saturated rings. The first-order valence-corrected chi connectivity index (χ1v) is 7.39. The fraction of sp³-hybridized carbons (Fsp3) is 0.786. The van der Waals surface area contributed by atoms with E-state index in [4.69, 9.17) is 0 Å². The van der Waals surface area contributed by atoms with Gasteiger partial charge in [0.25, 0.3) is 5.91 Å². The number of hydrogen-bond donors (Lipinski definition) is 2. The van der Waals surface area contributed by atoms with Gasteiger partial charge in [-0.3, -0.25) is 4.79 Å². The van der Waals surface area contributed by atoms with Crippen LogP contribution in [0.5, 0.6) is 0 Å². The number of nitrogens with one attached hydrogen (secondary N) is 2. The molecule has 6 nitrogen and oxygen atoms in total. The highest BCUT2D eigenvalue weighted by Gasteiger charge is 2.25. The highest BCUT2D eigenvalue weighted by molar-refractivity contribution is 5.93. The molecule has 0 spiro atoms. The van der Waals surface area contributed by atoms with Crippen LogP contribution < -0.4 is 10.6 Å². The van der Waals surface area contributed by atoms with Crippen LogP contribution in [0.3, 0.4) is 0 Å². The van der Waals surface area contributed by atoms with E-state index in [0.29, 0.717) is 11.7 Å². The zero-order valence-corrected chi connectivity index (χ0v) is 12.9. The van der Waals surface area contributed by atoms with Gasteiger partial charge in [-0.2, -0.15) is 0 Å². The minimum Gasteiger partial charge on any atom is -0.346 e. The summed E-state index contributed by atoms with van der Waals surface area (Å²) in [4.78, 5) is 12.3. The van der Waals surface area contributed by atoms with E-state index in [2.05, 4.69) is 27.9 Å². The Balaban J connectivity index is 2.13. The molecule has 6 heteroatoms. The molecule has 2 heterocycles. The molecule has 1 aromatic heterocycles. The highest BCUT2D eigenvalue weighted by Crippen LogP contribution is 2.20. The monoisotopic (exact) mass is 279 g/mol. The SMILES string of the molecule is CCC(C)(C)NC(=O)c1nnn(C2CCNCC2)c1C. The van der Waals surface area contributed by atoms with Crippen LogP contribution in [0.15, 0.2) is 0 Å². The van der Waals surface area contributed by atoms with Gasteiger partial charge in [0.2, 0.25) is 0 Å². The van der Waals surface area contributed by atoms with Gasteiger partial charge in [-0.25, -0.2) is 4.68 Å². The first-order valence-electron chi connectivity index (χ1n) is 7.39. The maximum atomic E-state index is 12.3. The van der Waals surface area contributed by atoms with Crippen molar-refractivity contribution in [2.45, 2.75) is 58.5 Å². The summed E-state index contributed by atoms with van der Waals surface area (Å²) in [5, 5.41) is 14.6. The van der Waals surface area contributed by atoms with Crippen molar-refractivity contribution in [3.63, 3.8) is 0 Å². The van der Waals surface area contributed by atoms with Crippen LogP contribution in [0.4, 0.5) is 0 Å². The predicted molar refractivity (Wildman–Crippen MR) is 77.7 cm³/mol. The molecule has 0 bridgehead atoms. The molecule has 1 saturated heterocycles. The van der Waals surface area contributed by atoms with E-state index in [1.54, 1.807) is 0 Å². The van der Waals surface area contributed by atoms with Crippen LogP contribution in [0.1, 0.15) is 62.3 Å². The van der Waals surface area contributed by atoms with Crippen LogP contribution in [0.25, 0.3) is 0 Å². The van der Waals surface area contributed by atoms with E-state index in [0.717, 1.165) is 38.0 Å². The largest absolute Gasteiger partial charge is 0.346 e. The Bertz CT molecular complexity index is 474. The van der Waals surface area contributed by atoms with Gasteiger partial charge in [-0.1, -0.05) is 12.1 Å². The van der Waals surface area contributed by atoms with Crippen molar-refractivity contribution in [3.8, 4) is 0 Å². The van der Waals surface area contributed by atoms with E-state index in [-0.39, 0.29) is 11.4 Å². The third-order valence-corrected chi connectivity index (χ3v) is 4.13. The third-order valence-electron chi connectivity index (χ3n) is 4.13. The quantitative estimate of drug-likeness (QED) is 0.874. The zero-order valence-electron chi connectivity index (χ0n) is 12.9. The smallest absolute Gasteiger partial charge is 0.274 e. The van der Waals surface area contributed by atoms with E-state index in [1.165, 1.54) is 0 Å². The summed E-state index contributed by atoms with van der Waals surface area (Å²) in [6.45, 7) is 9.99. The number of hydrogen-bond acceptors (Lipinski definition) is 4. The predicted octanol–water partition coefficient (Wildman–Crippen LogP) is 1.43. The Labute approximate surface area is 120 Å². The first kappa shape index (κ1) is 15.0. The van der Waals surface area contributed by atoms with E-state index in [9.17, 15) is 4.79 Å². The Morgan fingerprint density at radius 1 is 1.45 bits per heavy atom. The summed E-state index contributed by atoms with van der Waals surface area (Å²) >= 11 is 0. The molecule has 0 atom stereocenters. The summed E-state index contributed by atoms with van der Waals surface area (Å²) in [6.07, 6.45) is 2.94.